The minimum Gasteiger partial charge on any atom is -0.353 e. The summed E-state index contributed by atoms with van der Waals surface area (Å²) in [5.74, 6) is 9.46. The van der Waals surface area contributed by atoms with E-state index in [-0.39, 0.29) is 0 Å². The summed E-state index contributed by atoms with van der Waals surface area (Å²) in [4.78, 5) is 4.46. The van der Waals surface area contributed by atoms with E-state index in [0.717, 1.165) is 18.4 Å². The Kier molecular flexibility index (Phi) is 3.53. The molecule has 4 nitrogen and oxygen atoms in total. The molecule has 1 heterocycles. The highest BCUT2D eigenvalue weighted by molar-refractivity contribution is 7.99. The van der Waals surface area contributed by atoms with Crippen molar-refractivity contribution in [3.63, 3.8) is 0 Å². The number of rotatable bonds is 3. The fourth-order valence-corrected chi connectivity index (χ4v) is 2.77. The van der Waals surface area contributed by atoms with Crippen LogP contribution in [0.25, 0.3) is 0 Å². The van der Waals surface area contributed by atoms with E-state index < -0.39 is 0 Å². The van der Waals surface area contributed by atoms with Gasteiger partial charge in [0.2, 0.25) is 5.96 Å². The molecule has 2 aliphatic rings. The first-order valence-corrected chi connectivity index (χ1v) is 6.39. The van der Waals surface area contributed by atoms with Crippen LogP contribution in [0.3, 0.4) is 0 Å². The molecular formula is C9H18N4S. The van der Waals surface area contributed by atoms with Crippen molar-refractivity contribution in [1.29, 1.82) is 0 Å². The molecule has 1 aliphatic heterocycles. The fraction of sp³-hybridized carbons (Fsp3) is 0.889. The van der Waals surface area contributed by atoms with E-state index in [1.807, 2.05) is 11.8 Å². The van der Waals surface area contributed by atoms with Gasteiger partial charge in [0.25, 0.3) is 0 Å². The van der Waals surface area contributed by atoms with Gasteiger partial charge < -0.3 is 5.32 Å². The van der Waals surface area contributed by atoms with E-state index in [1.165, 1.54) is 30.8 Å². The quantitative estimate of drug-likeness (QED) is 0.274. The van der Waals surface area contributed by atoms with Gasteiger partial charge >= 0.3 is 0 Å². The molecule has 1 aliphatic carbocycles. The summed E-state index contributed by atoms with van der Waals surface area (Å²) in [6.07, 6.45) is 3.80. The molecule has 0 amide bonds. The summed E-state index contributed by atoms with van der Waals surface area (Å²) < 4.78 is 0. The molecule has 14 heavy (non-hydrogen) atoms. The number of nitrogens with two attached hydrogens (primary N) is 1. The van der Waals surface area contributed by atoms with Crippen molar-refractivity contribution >= 4 is 17.7 Å². The SMILES string of the molecule is NNC(=NCC1CCSC1)NC1CC1. The normalized spacial score (nSPS) is 27.8. The van der Waals surface area contributed by atoms with Gasteiger partial charge in [0.15, 0.2) is 0 Å². The molecule has 0 aromatic carbocycles. The lowest BCUT2D eigenvalue weighted by molar-refractivity contribution is 0.608. The van der Waals surface area contributed by atoms with Gasteiger partial charge in [-0.25, -0.2) is 5.84 Å². The second-order valence-corrected chi connectivity index (χ2v) is 5.13. The molecule has 0 spiro atoms. The molecule has 5 heteroatoms. The maximum absolute atomic E-state index is 5.39. The number of thioether (sulfide) groups is 1. The number of hydrazine groups is 1. The van der Waals surface area contributed by atoms with Crippen LogP contribution in [0.2, 0.25) is 0 Å². The topological polar surface area (TPSA) is 62.4 Å². The van der Waals surface area contributed by atoms with Crippen LogP contribution in [-0.4, -0.2) is 30.1 Å². The first kappa shape index (κ1) is 10.1. The Morgan fingerprint density at radius 1 is 1.43 bits per heavy atom. The maximum Gasteiger partial charge on any atom is 0.205 e. The molecule has 80 valence electrons. The number of guanidine groups is 1. The minimum absolute atomic E-state index is 0.614. The van der Waals surface area contributed by atoms with Crippen LogP contribution in [0.1, 0.15) is 19.3 Å². The Morgan fingerprint density at radius 3 is 2.86 bits per heavy atom. The summed E-state index contributed by atoms with van der Waals surface area (Å²) in [6.45, 7) is 0.909. The van der Waals surface area contributed by atoms with Gasteiger partial charge in [-0.05, 0) is 36.7 Å². The van der Waals surface area contributed by atoms with Crippen LogP contribution in [0.4, 0.5) is 0 Å². The predicted octanol–water partition coefficient (Wildman–Crippen LogP) is 0.311. The second kappa shape index (κ2) is 4.89. The van der Waals surface area contributed by atoms with Gasteiger partial charge in [-0.15, -0.1) is 0 Å². The number of nitrogens with zero attached hydrogens (tertiary/aromatic N) is 1. The zero-order valence-corrected chi connectivity index (χ0v) is 9.15. The third kappa shape index (κ3) is 3.06. The lowest BCUT2D eigenvalue weighted by Gasteiger charge is -2.09. The van der Waals surface area contributed by atoms with E-state index in [2.05, 4.69) is 15.7 Å². The van der Waals surface area contributed by atoms with E-state index in [4.69, 9.17) is 5.84 Å². The van der Waals surface area contributed by atoms with Crippen LogP contribution < -0.4 is 16.6 Å². The Morgan fingerprint density at radius 2 is 2.29 bits per heavy atom. The van der Waals surface area contributed by atoms with Gasteiger partial charge in [0.1, 0.15) is 0 Å². The third-order valence-electron chi connectivity index (χ3n) is 2.59. The molecule has 1 atom stereocenters. The van der Waals surface area contributed by atoms with E-state index in [1.54, 1.807) is 0 Å². The van der Waals surface area contributed by atoms with Crippen molar-refractivity contribution in [2.75, 3.05) is 18.1 Å². The lowest BCUT2D eigenvalue weighted by Crippen LogP contribution is -2.42. The Balaban J connectivity index is 1.73. The average molecular weight is 214 g/mol. The molecule has 1 saturated heterocycles. The second-order valence-electron chi connectivity index (χ2n) is 3.98. The molecule has 2 fully saturated rings. The van der Waals surface area contributed by atoms with Crippen LogP contribution in [-0.2, 0) is 0 Å². The van der Waals surface area contributed by atoms with Crippen molar-refractivity contribution < 1.29 is 0 Å². The molecule has 1 saturated carbocycles. The van der Waals surface area contributed by atoms with E-state index in [0.29, 0.717) is 6.04 Å². The number of hydrogen-bond acceptors (Lipinski definition) is 3. The van der Waals surface area contributed by atoms with Gasteiger partial charge in [-0.2, -0.15) is 11.8 Å². The molecular weight excluding hydrogens is 196 g/mol. The van der Waals surface area contributed by atoms with Crippen LogP contribution >= 0.6 is 11.8 Å². The maximum atomic E-state index is 5.39. The van der Waals surface area contributed by atoms with Crippen molar-refractivity contribution in [3.8, 4) is 0 Å². The fourth-order valence-electron chi connectivity index (χ4n) is 1.50. The predicted molar refractivity (Wildman–Crippen MR) is 61.2 cm³/mol. The average Bonchev–Trinajstić information content (AvgIpc) is 2.86. The lowest BCUT2D eigenvalue weighted by atomic mass is 10.1. The first-order valence-electron chi connectivity index (χ1n) is 5.24. The van der Waals surface area contributed by atoms with E-state index in [9.17, 15) is 0 Å². The van der Waals surface area contributed by atoms with Gasteiger partial charge in [0.05, 0.1) is 0 Å². The molecule has 4 N–H and O–H groups in total. The molecule has 0 radical (unpaired) electrons. The highest BCUT2D eigenvalue weighted by Gasteiger charge is 2.22. The van der Waals surface area contributed by atoms with Crippen LogP contribution in [0.5, 0.6) is 0 Å². The molecule has 2 rings (SSSR count). The highest BCUT2D eigenvalue weighted by Crippen LogP contribution is 2.23. The number of aliphatic imine (C=N–C) groups is 1. The Bertz CT molecular complexity index is 209. The van der Waals surface area contributed by atoms with Crippen LogP contribution in [0, 0.1) is 5.92 Å². The molecule has 0 aromatic rings. The Labute approximate surface area is 89.1 Å². The standard InChI is InChI=1S/C9H18N4S/c10-13-9(12-8-1-2-8)11-5-7-3-4-14-6-7/h7-8H,1-6,10H2,(H2,11,12,13). The Hall–Kier alpha value is -0.420. The van der Waals surface area contributed by atoms with Crippen molar-refractivity contribution in [2.24, 2.45) is 16.8 Å². The number of nitrogens with one attached hydrogen (secondary N) is 2. The van der Waals surface area contributed by atoms with Gasteiger partial charge in [0, 0.05) is 12.6 Å². The minimum atomic E-state index is 0.614. The van der Waals surface area contributed by atoms with E-state index >= 15 is 0 Å². The first-order chi connectivity index (χ1) is 6.88. The molecule has 0 aromatic heterocycles. The zero-order valence-electron chi connectivity index (χ0n) is 8.33. The largest absolute Gasteiger partial charge is 0.353 e. The zero-order chi connectivity index (χ0) is 9.80. The highest BCUT2D eigenvalue weighted by atomic mass is 32.2. The summed E-state index contributed by atoms with van der Waals surface area (Å²) >= 11 is 2.03. The van der Waals surface area contributed by atoms with Crippen LogP contribution in [0.15, 0.2) is 4.99 Å². The summed E-state index contributed by atoms with van der Waals surface area (Å²) in [6, 6.07) is 0.614. The van der Waals surface area contributed by atoms with Gasteiger partial charge in [-0.3, -0.25) is 10.4 Å². The molecule has 0 bridgehead atoms. The van der Waals surface area contributed by atoms with Crippen molar-refractivity contribution in [2.45, 2.75) is 25.3 Å². The smallest absolute Gasteiger partial charge is 0.205 e. The summed E-state index contributed by atoms with van der Waals surface area (Å²) in [7, 11) is 0. The third-order valence-corrected chi connectivity index (χ3v) is 3.82. The monoisotopic (exact) mass is 214 g/mol. The van der Waals surface area contributed by atoms with Crippen molar-refractivity contribution in [3.05, 3.63) is 0 Å². The van der Waals surface area contributed by atoms with Crippen molar-refractivity contribution in [1.82, 2.24) is 10.7 Å². The number of hydrogen-bond donors (Lipinski definition) is 3. The summed E-state index contributed by atoms with van der Waals surface area (Å²) in [5.41, 5.74) is 2.63. The summed E-state index contributed by atoms with van der Waals surface area (Å²) in [5, 5.41) is 3.27. The van der Waals surface area contributed by atoms with Gasteiger partial charge in [-0.1, -0.05) is 0 Å². The molecule has 1 unspecified atom stereocenters.